The molecular weight excluding hydrogens is 655 g/mol. The number of fused-ring (bicyclic) bond motifs is 4. The second kappa shape index (κ2) is 13.4. The Labute approximate surface area is 314 Å². The third-order valence-corrected chi connectivity index (χ3v) is 10.5. The van der Waals surface area contributed by atoms with Crippen LogP contribution in [0.3, 0.4) is 0 Å². The van der Waals surface area contributed by atoms with Crippen LogP contribution in [0.15, 0.2) is 213 Å². The molecule has 0 saturated carbocycles. The van der Waals surface area contributed by atoms with Crippen LogP contribution >= 0.6 is 0 Å². The van der Waals surface area contributed by atoms with E-state index in [9.17, 15) is 0 Å². The van der Waals surface area contributed by atoms with Gasteiger partial charge in [0, 0.05) is 57.0 Å². The molecule has 0 N–H and O–H groups in total. The van der Waals surface area contributed by atoms with Crippen LogP contribution in [0.4, 0.5) is 17.1 Å². The molecule has 0 aliphatic carbocycles. The highest BCUT2D eigenvalue weighted by Gasteiger charge is 2.15. The molecule has 0 saturated heterocycles. The van der Waals surface area contributed by atoms with Gasteiger partial charge in [-0.1, -0.05) is 133 Å². The molecule has 0 bridgehead atoms. The van der Waals surface area contributed by atoms with Crippen LogP contribution in [0, 0.1) is 0 Å². The summed E-state index contributed by atoms with van der Waals surface area (Å²) in [6, 6.07) is 71.6. The average Bonchev–Trinajstić information content (AvgIpc) is 3.59. The minimum atomic E-state index is 1.09. The quantitative estimate of drug-likeness (QED) is 0.166. The Hall–Kier alpha value is -7.23. The molecule has 3 heteroatoms. The van der Waals surface area contributed by atoms with Gasteiger partial charge in [0.1, 0.15) is 0 Å². The molecule has 3 nitrogen and oxygen atoms in total. The van der Waals surface area contributed by atoms with Crippen LogP contribution in [0.5, 0.6) is 0 Å². The zero-order valence-electron chi connectivity index (χ0n) is 29.5. The first kappa shape index (κ1) is 31.5. The second-order valence-corrected chi connectivity index (χ2v) is 13.6. The SMILES string of the molecule is c1ccc(N(c2ccccc2)c2ccc(-c3ccc(-c4cncc(-c5ccc(-n6c7ccccc7c7ccccc76)cc5)c4)c4ccccc34)cc2)cc1. The number of aromatic nitrogens is 2. The maximum absolute atomic E-state index is 4.75. The van der Waals surface area contributed by atoms with Crippen molar-refractivity contribution in [3.8, 4) is 39.1 Å². The molecule has 10 rings (SSSR count). The number of hydrogen-bond donors (Lipinski definition) is 0. The summed E-state index contributed by atoms with van der Waals surface area (Å²) < 4.78 is 2.35. The first-order chi connectivity index (χ1) is 26.8. The van der Waals surface area contributed by atoms with E-state index in [0.29, 0.717) is 0 Å². The molecule has 0 radical (unpaired) electrons. The van der Waals surface area contributed by atoms with Crippen molar-refractivity contribution < 1.29 is 0 Å². The Morgan fingerprint density at radius 3 is 1.35 bits per heavy atom. The zero-order chi connectivity index (χ0) is 35.8. The maximum Gasteiger partial charge on any atom is 0.0541 e. The molecule has 0 aliphatic heterocycles. The van der Waals surface area contributed by atoms with E-state index in [-0.39, 0.29) is 0 Å². The van der Waals surface area contributed by atoms with Crippen molar-refractivity contribution in [2.24, 2.45) is 0 Å². The van der Waals surface area contributed by atoms with Crippen LogP contribution in [0.25, 0.3) is 71.6 Å². The van der Waals surface area contributed by atoms with Gasteiger partial charge in [0.15, 0.2) is 0 Å². The Morgan fingerprint density at radius 1 is 0.333 bits per heavy atom. The van der Waals surface area contributed by atoms with E-state index in [1.54, 1.807) is 0 Å². The van der Waals surface area contributed by atoms with Crippen LogP contribution in [0.2, 0.25) is 0 Å². The van der Waals surface area contributed by atoms with Crippen LogP contribution < -0.4 is 4.90 Å². The highest BCUT2D eigenvalue weighted by atomic mass is 15.1. The summed E-state index contributed by atoms with van der Waals surface area (Å²) >= 11 is 0. The van der Waals surface area contributed by atoms with Crippen molar-refractivity contribution in [3.63, 3.8) is 0 Å². The van der Waals surface area contributed by atoms with Crippen LogP contribution in [-0.2, 0) is 0 Å². The Bertz CT molecular complexity index is 2820. The molecule has 0 atom stereocenters. The third kappa shape index (κ3) is 5.51. The maximum atomic E-state index is 4.75. The molecule has 0 aliphatic rings. The fourth-order valence-corrected chi connectivity index (χ4v) is 7.94. The van der Waals surface area contributed by atoms with E-state index in [0.717, 1.165) is 39.4 Å². The highest BCUT2D eigenvalue weighted by molar-refractivity contribution is 6.09. The van der Waals surface area contributed by atoms with Crippen molar-refractivity contribution in [2.75, 3.05) is 4.90 Å². The second-order valence-electron chi connectivity index (χ2n) is 13.6. The number of anilines is 3. The lowest BCUT2D eigenvalue weighted by molar-refractivity contribution is 1.18. The number of hydrogen-bond acceptors (Lipinski definition) is 2. The summed E-state index contributed by atoms with van der Waals surface area (Å²) in [6.07, 6.45) is 3.94. The monoisotopic (exact) mass is 689 g/mol. The molecule has 2 aromatic heterocycles. The van der Waals surface area contributed by atoms with Gasteiger partial charge in [-0.05, 0) is 99.8 Å². The van der Waals surface area contributed by atoms with Crippen molar-refractivity contribution in [1.29, 1.82) is 0 Å². The summed E-state index contributed by atoms with van der Waals surface area (Å²) in [4.78, 5) is 7.04. The minimum Gasteiger partial charge on any atom is -0.311 e. The smallest absolute Gasteiger partial charge is 0.0541 e. The van der Waals surface area contributed by atoms with E-state index in [4.69, 9.17) is 4.98 Å². The molecule has 54 heavy (non-hydrogen) atoms. The Balaban J connectivity index is 0.986. The molecule has 10 aromatic rings. The van der Waals surface area contributed by atoms with Gasteiger partial charge >= 0.3 is 0 Å². The molecule has 0 spiro atoms. The van der Waals surface area contributed by atoms with E-state index >= 15 is 0 Å². The lowest BCUT2D eigenvalue weighted by atomic mass is 9.92. The lowest BCUT2D eigenvalue weighted by Gasteiger charge is -2.25. The fourth-order valence-electron chi connectivity index (χ4n) is 7.94. The standard InChI is InChI=1S/C51H35N3/c1-3-13-40(14-4-1)53(41-15-5-2-6-16-41)42-29-25-37(26-30-42)44-31-32-45(47-18-8-7-17-46(44)47)39-33-38(34-52-35-39)36-23-27-43(28-24-36)54-50-21-11-9-19-48(50)49-20-10-12-22-51(49)54/h1-35H. The summed E-state index contributed by atoms with van der Waals surface area (Å²) in [5.74, 6) is 0. The molecule has 254 valence electrons. The topological polar surface area (TPSA) is 21.1 Å². The van der Waals surface area contributed by atoms with Gasteiger partial charge in [-0.3, -0.25) is 4.98 Å². The molecule has 8 aromatic carbocycles. The third-order valence-electron chi connectivity index (χ3n) is 10.5. The molecule has 0 unspecified atom stereocenters. The van der Waals surface area contributed by atoms with Gasteiger partial charge in [-0.25, -0.2) is 0 Å². The van der Waals surface area contributed by atoms with E-state index < -0.39 is 0 Å². The normalized spacial score (nSPS) is 11.3. The van der Waals surface area contributed by atoms with Crippen molar-refractivity contribution in [3.05, 3.63) is 213 Å². The largest absolute Gasteiger partial charge is 0.311 e. The summed E-state index contributed by atoms with van der Waals surface area (Å²) in [5, 5.41) is 4.95. The van der Waals surface area contributed by atoms with Gasteiger partial charge in [-0.15, -0.1) is 0 Å². The fraction of sp³-hybridized carbons (Fsp3) is 0. The van der Waals surface area contributed by atoms with Gasteiger partial charge in [-0.2, -0.15) is 0 Å². The van der Waals surface area contributed by atoms with Gasteiger partial charge < -0.3 is 9.47 Å². The first-order valence-electron chi connectivity index (χ1n) is 18.4. The Kier molecular flexibility index (Phi) is 7.81. The predicted molar refractivity (Wildman–Crippen MR) is 227 cm³/mol. The highest BCUT2D eigenvalue weighted by Crippen LogP contribution is 2.40. The predicted octanol–water partition coefficient (Wildman–Crippen LogP) is 13.8. The Morgan fingerprint density at radius 2 is 0.778 bits per heavy atom. The van der Waals surface area contributed by atoms with Crippen LogP contribution in [-0.4, -0.2) is 9.55 Å². The van der Waals surface area contributed by atoms with Gasteiger partial charge in [0.25, 0.3) is 0 Å². The molecular formula is C51H35N3. The van der Waals surface area contributed by atoms with Crippen molar-refractivity contribution >= 4 is 49.6 Å². The van der Waals surface area contributed by atoms with Crippen molar-refractivity contribution in [1.82, 2.24) is 9.55 Å². The van der Waals surface area contributed by atoms with Crippen LogP contribution in [0.1, 0.15) is 0 Å². The summed E-state index contributed by atoms with van der Waals surface area (Å²) in [5.41, 5.74) is 13.8. The molecule has 2 heterocycles. The number of nitrogens with zero attached hydrogens (tertiary/aromatic N) is 3. The average molecular weight is 690 g/mol. The van der Waals surface area contributed by atoms with E-state index in [2.05, 4.69) is 210 Å². The zero-order valence-corrected chi connectivity index (χ0v) is 29.5. The first-order valence-corrected chi connectivity index (χ1v) is 18.4. The number of para-hydroxylation sites is 4. The number of benzene rings is 8. The number of rotatable bonds is 7. The van der Waals surface area contributed by atoms with Gasteiger partial charge in [0.2, 0.25) is 0 Å². The number of pyridine rings is 1. The van der Waals surface area contributed by atoms with E-state index in [1.807, 2.05) is 12.4 Å². The minimum absolute atomic E-state index is 1.09. The molecule has 0 amide bonds. The van der Waals surface area contributed by atoms with Crippen molar-refractivity contribution in [2.45, 2.75) is 0 Å². The molecule has 0 fully saturated rings. The summed E-state index contributed by atoms with van der Waals surface area (Å²) in [6.45, 7) is 0. The van der Waals surface area contributed by atoms with E-state index in [1.165, 1.54) is 49.3 Å². The lowest BCUT2D eigenvalue weighted by Crippen LogP contribution is -2.09. The summed E-state index contributed by atoms with van der Waals surface area (Å²) in [7, 11) is 0. The van der Waals surface area contributed by atoms with Gasteiger partial charge in [0.05, 0.1) is 11.0 Å².